The SMILES string of the molecule is N#CNc1cc(Nc2ccc(F)c(F)c2)ncn1. The molecule has 2 rings (SSSR count). The van der Waals surface area contributed by atoms with Crippen LogP contribution < -0.4 is 10.6 Å². The number of nitrogens with one attached hydrogen (secondary N) is 2. The summed E-state index contributed by atoms with van der Waals surface area (Å²) in [6, 6.07) is 4.85. The van der Waals surface area contributed by atoms with Crippen LogP contribution in [-0.2, 0) is 0 Å². The molecule has 0 spiro atoms. The van der Waals surface area contributed by atoms with Gasteiger partial charge in [0.2, 0.25) is 0 Å². The van der Waals surface area contributed by atoms with Crippen molar-refractivity contribution in [2.75, 3.05) is 10.6 Å². The highest BCUT2D eigenvalue weighted by Gasteiger charge is 2.04. The van der Waals surface area contributed by atoms with Gasteiger partial charge in [0.05, 0.1) is 0 Å². The summed E-state index contributed by atoms with van der Waals surface area (Å²) in [4.78, 5) is 7.66. The Morgan fingerprint density at radius 2 is 1.83 bits per heavy atom. The van der Waals surface area contributed by atoms with Gasteiger partial charge < -0.3 is 5.32 Å². The van der Waals surface area contributed by atoms with Gasteiger partial charge in [0.1, 0.15) is 18.0 Å². The number of hydrogen-bond donors (Lipinski definition) is 2. The zero-order valence-electron chi connectivity index (χ0n) is 8.98. The first-order chi connectivity index (χ1) is 8.69. The molecule has 0 saturated heterocycles. The molecule has 2 aromatic rings. The van der Waals surface area contributed by atoms with Gasteiger partial charge in [-0.15, -0.1) is 0 Å². The van der Waals surface area contributed by atoms with Crippen molar-refractivity contribution in [2.24, 2.45) is 0 Å². The molecule has 0 fully saturated rings. The first-order valence-corrected chi connectivity index (χ1v) is 4.88. The molecule has 1 aromatic carbocycles. The molecule has 2 N–H and O–H groups in total. The van der Waals surface area contributed by atoms with E-state index in [-0.39, 0.29) is 0 Å². The van der Waals surface area contributed by atoms with Gasteiger partial charge in [0.25, 0.3) is 0 Å². The van der Waals surface area contributed by atoms with E-state index in [9.17, 15) is 8.78 Å². The molecule has 0 bridgehead atoms. The summed E-state index contributed by atoms with van der Waals surface area (Å²) >= 11 is 0. The lowest BCUT2D eigenvalue weighted by Crippen LogP contribution is -1.98. The Kier molecular flexibility index (Phi) is 3.29. The standard InChI is InChI=1S/C11H7F2N5/c12-8-2-1-7(3-9(8)13)18-11-4-10(15-5-14)16-6-17-11/h1-4,6H,(H2,15,16,17,18). The average Bonchev–Trinajstić information content (AvgIpc) is 2.35. The van der Waals surface area contributed by atoms with Crippen LogP contribution in [0.25, 0.3) is 0 Å². The van der Waals surface area contributed by atoms with Crippen LogP contribution in [0.2, 0.25) is 0 Å². The highest BCUT2D eigenvalue weighted by atomic mass is 19.2. The van der Waals surface area contributed by atoms with Crippen molar-refractivity contribution in [1.29, 1.82) is 5.26 Å². The summed E-state index contributed by atoms with van der Waals surface area (Å²) in [5.41, 5.74) is 0.343. The maximum Gasteiger partial charge on any atom is 0.182 e. The van der Waals surface area contributed by atoms with Gasteiger partial charge in [-0.3, -0.25) is 5.32 Å². The third-order valence-electron chi connectivity index (χ3n) is 2.04. The number of benzene rings is 1. The topological polar surface area (TPSA) is 73.6 Å². The van der Waals surface area contributed by atoms with Gasteiger partial charge in [0.15, 0.2) is 17.8 Å². The maximum absolute atomic E-state index is 13.0. The minimum Gasteiger partial charge on any atom is -0.340 e. The summed E-state index contributed by atoms with van der Waals surface area (Å²) in [7, 11) is 0. The van der Waals surface area contributed by atoms with E-state index in [2.05, 4.69) is 20.6 Å². The van der Waals surface area contributed by atoms with Crippen molar-refractivity contribution in [2.45, 2.75) is 0 Å². The van der Waals surface area contributed by atoms with Crippen LogP contribution in [-0.4, -0.2) is 9.97 Å². The summed E-state index contributed by atoms with van der Waals surface area (Å²) in [6.07, 6.45) is 2.95. The molecular weight excluding hydrogens is 240 g/mol. The molecule has 7 heteroatoms. The molecular formula is C11H7F2N5. The van der Waals surface area contributed by atoms with Crippen LogP contribution in [0.1, 0.15) is 0 Å². The molecule has 90 valence electrons. The van der Waals surface area contributed by atoms with E-state index in [1.54, 1.807) is 6.19 Å². The van der Waals surface area contributed by atoms with E-state index in [1.165, 1.54) is 18.5 Å². The summed E-state index contributed by atoms with van der Waals surface area (Å²) < 4.78 is 25.7. The summed E-state index contributed by atoms with van der Waals surface area (Å²) in [5.74, 6) is -1.22. The number of hydrogen-bond acceptors (Lipinski definition) is 5. The molecule has 0 saturated carbocycles. The quantitative estimate of drug-likeness (QED) is 0.643. The van der Waals surface area contributed by atoms with Crippen LogP contribution >= 0.6 is 0 Å². The molecule has 0 unspecified atom stereocenters. The molecule has 18 heavy (non-hydrogen) atoms. The minimum atomic E-state index is -0.954. The Hall–Kier alpha value is -2.75. The predicted octanol–water partition coefficient (Wildman–Crippen LogP) is 2.39. The number of rotatable bonds is 3. The van der Waals surface area contributed by atoms with E-state index in [0.717, 1.165) is 12.1 Å². The Bertz CT molecular complexity index is 609. The number of halogens is 2. The zero-order valence-corrected chi connectivity index (χ0v) is 8.98. The van der Waals surface area contributed by atoms with E-state index < -0.39 is 11.6 Å². The first-order valence-electron chi connectivity index (χ1n) is 4.88. The van der Waals surface area contributed by atoms with Gasteiger partial charge in [-0.1, -0.05) is 0 Å². The van der Waals surface area contributed by atoms with Crippen molar-refractivity contribution < 1.29 is 8.78 Å². The van der Waals surface area contributed by atoms with Crippen LogP contribution in [0.15, 0.2) is 30.6 Å². The first kappa shape index (κ1) is 11.7. The van der Waals surface area contributed by atoms with Gasteiger partial charge >= 0.3 is 0 Å². The van der Waals surface area contributed by atoms with Crippen LogP contribution in [0, 0.1) is 23.1 Å². The normalized spacial score (nSPS) is 9.61. The minimum absolute atomic E-state index is 0.303. The Balaban J connectivity index is 2.20. The Morgan fingerprint density at radius 3 is 2.56 bits per heavy atom. The average molecular weight is 247 g/mol. The van der Waals surface area contributed by atoms with Gasteiger partial charge in [0, 0.05) is 17.8 Å². The second kappa shape index (κ2) is 5.05. The number of nitrogens with zero attached hydrogens (tertiary/aromatic N) is 3. The molecule has 1 aromatic heterocycles. The molecule has 0 aliphatic rings. The van der Waals surface area contributed by atoms with Crippen LogP contribution in [0.3, 0.4) is 0 Å². The van der Waals surface area contributed by atoms with Gasteiger partial charge in [-0.2, -0.15) is 5.26 Å². The third kappa shape index (κ3) is 2.68. The van der Waals surface area contributed by atoms with Crippen molar-refractivity contribution in [3.8, 4) is 6.19 Å². The Morgan fingerprint density at radius 1 is 1.06 bits per heavy atom. The Labute approximate surface area is 101 Å². The molecule has 0 atom stereocenters. The molecule has 0 radical (unpaired) electrons. The monoisotopic (exact) mass is 247 g/mol. The zero-order chi connectivity index (χ0) is 13.0. The van der Waals surface area contributed by atoms with Crippen molar-refractivity contribution in [1.82, 2.24) is 9.97 Å². The van der Waals surface area contributed by atoms with Crippen molar-refractivity contribution >= 4 is 17.3 Å². The second-order valence-corrected chi connectivity index (χ2v) is 3.28. The van der Waals surface area contributed by atoms with Crippen molar-refractivity contribution in [3.63, 3.8) is 0 Å². The van der Waals surface area contributed by atoms with Gasteiger partial charge in [-0.25, -0.2) is 18.7 Å². The fourth-order valence-electron chi connectivity index (χ4n) is 1.27. The molecule has 0 amide bonds. The molecule has 0 aliphatic heterocycles. The fourth-order valence-corrected chi connectivity index (χ4v) is 1.27. The lowest BCUT2D eigenvalue weighted by Gasteiger charge is -2.06. The second-order valence-electron chi connectivity index (χ2n) is 3.28. The summed E-state index contributed by atoms with van der Waals surface area (Å²) in [6.45, 7) is 0. The van der Waals surface area contributed by atoms with E-state index in [0.29, 0.717) is 17.3 Å². The maximum atomic E-state index is 13.0. The smallest absolute Gasteiger partial charge is 0.182 e. The molecule has 0 aliphatic carbocycles. The van der Waals surface area contributed by atoms with Crippen LogP contribution in [0.4, 0.5) is 26.1 Å². The van der Waals surface area contributed by atoms with E-state index in [1.807, 2.05) is 0 Å². The number of aromatic nitrogens is 2. The number of anilines is 3. The largest absolute Gasteiger partial charge is 0.340 e. The predicted molar refractivity (Wildman–Crippen MR) is 60.9 cm³/mol. The highest BCUT2D eigenvalue weighted by Crippen LogP contribution is 2.18. The molecule has 1 heterocycles. The van der Waals surface area contributed by atoms with Crippen molar-refractivity contribution in [3.05, 3.63) is 42.2 Å². The van der Waals surface area contributed by atoms with E-state index >= 15 is 0 Å². The van der Waals surface area contributed by atoms with Gasteiger partial charge in [-0.05, 0) is 12.1 Å². The fraction of sp³-hybridized carbons (Fsp3) is 0. The lowest BCUT2D eigenvalue weighted by molar-refractivity contribution is 0.509. The third-order valence-corrected chi connectivity index (χ3v) is 2.04. The van der Waals surface area contributed by atoms with Crippen LogP contribution in [0.5, 0.6) is 0 Å². The number of nitriles is 1. The highest BCUT2D eigenvalue weighted by molar-refractivity contribution is 5.59. The van der Waals surface area contributed by atoms with E-state index in [4.69, 9.17) is 5.26 Å². The molecule has 5 nitrogen and oxygen atoms in total. The summed E-state index contributed by atoms with van der Waals surface area (Å²) in [5, 5.41) is 13.5. The lowest BCUT2D eigenvalue weighted by atomic mass is 10.3.